The molecule has 1 aliphatic heterocycles. The quantitative estimate of drug-likeness (QED) is 0.781. The third kappa shape index (κ3) is 4.95. The monoisotopic (exact) mass is 344 g/mol. The third-order valence-corrected chi connectivity index (χ3v) is 3.66. The van der Waals surface area contributed by atoms with Crippen LogP contribution in [0, 0.1) is 0 Å². The van der Waals surface area contributed by atoms with E-state index in [4.69, 9.17) is 20.7 Å². The maximum atomic E-state index is 11.2. The van der Waals surface area contributed by atoms with Gasteiger partial charge in [0.2, 0.25) is 0 Å². The smallest absolute Gasteiger partial charge is 0.339 e. The molecule has 1 fully saturated rings. The number of morpholine rings is 1. The number of benzene rings is 2. The zero-order chi connectivity index (χ0) is 18.2. The van der Waals surface area contributed by atoms with Crippen molar-refractivity contribution in [2.24, 2.45) is 5.73 Å². The van der Waals surface area contributed by atoms with Gasteiger partial charge in [-0.2, -0.15) is 0 Å². The van der Waals surface area contributed by atoms with Gasteiger partial charge in [0.05, 0.1) is 18.8 Å². The SMILES string of the molecule is NC(=O)c1ccccc1N1CCOCC1.O=C(O)c1ccccc1O. The minimum absolute atomic E-state index is 0.0671. The van der Waals surface area contributed by atoms with Crippen LogP contribution in [0.5, 0.6) is 5.75 Å². The summed E-state index contributed by atoms with van der Waals surface area (Å²) in [6.07, 6.45) is 0. The van der Waals surface area contributed by atoms with Crippen molar-refractivity contribution in [3.05, 3.63) is 59.7 Å². The number of rotatable bonds is 3. The van der Waals surface area contributed by atoms with Crippen molar-refractivity contribution in [3.8, 4) is 5.75 Å². The lowest BCUT2D eigenvalue weighted by Crippen LogP contribution is -2.37. The van der Waals surface area contributed by atoms with Crippen molar-refractivity contribution in [1.29, 1.82) is 0 Å². The van der Waals surface area contributed by atoms with E-state index in [1.165, 1.54) is 12.1 Å². The highest BCUT2D eigenvalue weighted by atomic mass is 16.5. The summed E-state index contributed by atoms with van der Waals surface area (Å²) < 4.78 is 5.26. The Kier molecular flexibility index (Phi) is 6.36. The first kappa shape index (κ1) is 18.3. The molecule has 0 radical (unpaired) electrons. The second kappa shape index (κ2) is 8.70. The molecule has 0 bridgehead atoms. The summed E-state index contributed by atoms with van der Waals surface area (Å²) in [7, 11) is 0. The van der Waals surface area contributed by atoms with Crippen molar-refractivity contribution in [3.63, 3.8) is 0 Å². The molecule has 0 atom stereocenters. The number of para-hydroxylation sites is 2. The number of aromatic hydroxyl groups is 1. The lowest BCUT2D eigenvalue weighted by Gasteiger charge is -2.29. The molecule has 1 heterocycles. The number of carboxylic acid groups (broad SMARTS) is 1. The van der Waals surface area contributed by atoms with Crippen molar-refractivity contribution in [1.82, 2.24) is 0 Å². The fraction of sp³-hybridized carbons (Fsp3) is 0.222. The van der Waals surface area contributed by atoms with Crippen LogP contribution in [0.3, 0.4) is 0 Å². The van der Waals surface area contributed by atoms with Gasteiger partial charge in [-0.3, -0.25) is 4.79 Å². The topological polar surface area (TPSA) is 113 Å². The number of ether oxygens (including phenoxy) is 1. The van der Waals surface area contributed by atoms with E-state index in [0.717, 1.165) is 18.8 Å². The minimum Gasteiger partial charge on any atom is -0.507 e. The van der Waals surface area contributed by atoms with E-state index < -0.39 is 5.97 Å². The summed E-state index contributed by atoms with van der Waals surface area (Å²) in [5.74, 6) is -1.69. The predicted octanol–water partition coefficient (Wildman–Crippen LogP) is 1.71. The molecule has 7 heteroatoms. The second-order valence-corrected chi connectivity index (χ2v) is 5.30. The van der Waals surface area contributed by atoms with Crippen molar-refractivity contribution >= 4 is 17.6 Å². The number of nitrogens with two attached hydrogens (primary N) is 1. The first-order valence-corrected chi connectivity index (χ1v) is 7.73. The molecule has 1 amide bonds. The molecule has 3 rings (SSSR count). The fourth-order valence-corrected chi connectivity index (χ4v) is 2.42. The summed E-state index contributed by atoms with van der Waals surface area (Å²) in [5.41, 5.74) is 6.75. The standard InChI is InChI=1S/C11H14N2O2.C7H6O3/c12-11(14)9-3-1-2-4-10(9)13-5-7-15-8-6-13;8-6-4-2-1-3-5(6)7(9)10/h1-4H,5-8H2,(H2,12,14);1-4,8H,(H,9,10). The summed E-state index contributed by atoms with van der Waals surface area (Å²) >= 11 is 0. The van der Waals surface area contributed by atoms with Gasteiger partial charge >= 0.3 is 5.97 Å². The Morgan fingerprint density at radius 2 is 1.52 bits per heavy atom. The molecular weight excluding hydrogens is 324 g/mol. The van der Waals surface area contributed by atoms with Gasteiger partial charge in [-0.15, -0.1) is 0 Å². The number of hydrogen-bond donors (Lipinski definition) is 3. The summed E-state index contributed by atoms with van der Waals surface area (Å²) in [5, 5.41) is 17.3. The molecule has 0 aromatic heterocycles. The van der Waals surface area contributed by atoms with Crippen molar-refractivity contribution < 1.29 is 24.5 Å². The van der Waals surface area contributed by atoms with Crippen LogP contribution in [0.15, 0.2) is 48.5 Å². The van der Waals surface area contributed by atoms with Crippen LogP contribution < -0.4 is 10.6 Å². The molecule has 2 aromatic rings. The van der Waals surface area contributed by atoms with Gasteiger partial charge in [0, 0.05) is 18.8 Å². The number of aromatic carboxylic acids is 1. The molecular formula is C18H20N2O5. The first-order chi connectivity index (χ1) is 12.0. The van der Waals surface area contributed by atoms with Crippen LogP contribution >= 0.6 is 0 Å². The van der Waals surface area contributed by atoms with E-state index in [-0.39, 0.29) is 17.2 Å². The number of carbonyl (C=O) groups excluding carboxylic acids is 1. The zero-order valence-corrected chi connectivity index (χ0v) is 13.6. The lowest BCUT2D eigenvalue weighted by atomic mass is 10.1. The van der Waals surface area contributed by atoms with Crippen LogP contribution in [-0.2, 0) is 4.74 Å². The van der Waals surface area contributed by atoms with Crippen LogP contribution in [0.4, 0.5) is 5.69 Å². The molecule has 4 N–H and O–H groups in total. The van der Waals surface area contributed by atoms with Crippen LogP contribution in [0.25, 0.3) is 0 Å². The summed E-state index contributed by atoms with van der Waals surface area (Å²) in [6, 6.07) is 13.2. The number of carboxylic acids is 1. The fourth-order valence-electron chi connectivity index (χ4n) is 2.42. The number of amides is 1. The summed E-state index contributed by atoms with van der Waals surface area (Å²) in [6.45, 7) is 3.02. The average molecular weight is 344 g/mol. The molecule has 0 spiro atoms. The number of hydrogen-bond acceptors (Lipinski definition) is 5. The Hall–Kier alpha value is -3.06. The highest BCUT2D eigenvalue weighted by Crippen LogP contribution is 2.20. The van der Waals surface area contributed by atoms with E-state index >= 15 is 0 Å². The third-order valence-electron chi connectivity index (χ3n) is 3.66. The summed E-state index contributed by atoms with van der Waals surface area (Å²) in [4.78, 5) is 23.6. The normalized spacial score (nSPS) is 13.5. The second-order valence-electron chi connectivity index (χ2n) is 5.30. The van der Waals surface area contributed by atoms with Gasteiger partial charge in [0.1, 0.15) is 11.3 Å². The number of phenols is 1. The molecule has 0 unspecified atom stereocenters. The van der Waals surface area contributed by atoms with E-state index in [9.17, 15) is 9.59 Å². The van der Waals surface area contributed by atoms with E-state index in [1.807, 2.05) is 18.2 Å². The number of carbonyl (C=O) groups is 2. The molecule has 132 valence electrons. The zero-order valence-electron chi connectivity index (χ0n) is 13.6. The Morgan fingerprint density at radius 3 is 2.04 bits per heavy atom. The molecule has 7 nitrogen and oxygen atoms in total. The van der Waals surface area contributed by atoms with Gasteiger partial charge in [-0.25, -0.2) is 4.79 Å². The van der Waals surface area contributed by atoms with E-state index in [1.54, 1.807) is 18.2 Å². The van der Waals surface area contributed by atoms with Gasteiger partial charge in [-0.05, 0) is 24.3 Å². The highest BCUT2D eigenvalue weighted by molar-refractivity contribution is 5.98. The van der Waals surface area contributed by atoms with E-state index in [2.05, 4.69) is 4.90 Å². The maximum Gasteiger partial charge on any atom is 0.339 e. The van der Waals surface area contributed by atoms with Gasteiger partial charge in [0.25, 0.3) is 5.91 Å². The van der Waals surface area contributed by atoms with Crippen LogP contribution in [0.1, 0.15) is 20.7 Å². The van der Waals surface area contributed by atoms with Gasteiger partial charge in [-0.1, -0.05) is 24.3 Å². The van der Waals surface area contributed by atoms with Crippen molar-refractivity contribution in [2.75, 3.05) is 31.2 Å². The number of nitrogens with zero attached hydrogens (tertiary/aromatic N) is 1. The van der Waals surface area contributed by atoms with Crippen LogP contribution in [-0.4, -0.2) is 48.4 Å². The largest absolute Gasteiger partial charge is 0.507 e. The molecule has 1 aliphatic rings. The van der Waals surface area contributed by atoms with Gasteiger partial charge < -0.3 is 25.6 Å². The predicted molar refractivity (Wildman–Crippen MR) is 93.1 cm³/mol. The number of primary amides is 1. The highest BCUT2D eigenvalue weighted by Gasteiger charge is 2.16. The molecule has 25 heavy (non-hydrogen) atoms. The first-order valence-electron chi connectivity index (χ1n) is 7.73. The Morgan fingerprint density at radius 1 is 0.960 bits per heavy atom. The van der Waals surface area contributed by atoms with Crippen molar-refractivity contribution in [2.45, 2.75) is 0 Å². The maximum absolute atomic E-state index is 11.2. The average Bonchev–Trinajstić information content (AvgIpc) is 2.63. The minimum atomic E-state index is -1.11. The lowest BCUT2D eigenvalue weighted by molar-refractivity contribution is 0.0693. The molecule has 2 aromatic carbocycles. The molecule has 1 saturated heterocycles. The van der Waals surface area contributed by atoms with Crippen LogP contribution in [0.2, 0.25) is 0 Å². The molecule has 0 saturated carbocycles. The number of anilines is 1. The van der Waals surface area contributed by atoms with E-state index in [0.29, 0.717) is 18.8 Å². The molecule has 0 aliphatic carbocycles. The van der Waals surface area contributed by atoms with Gasteiger partial charge in [0.15, 0.2) is 0 Å². The Balaban J connectivity index is 0.000000196. The Bertz CT molecular complexity index is 742. The Labute approximate surface area is 145 Å².